The van der Waals surface area contributed by atoms with Gasteiger partial charge in [0.25, 0.3) is 0 Å². The van der Waals surface area contributed by atoms with Crippen LogP contribution in [0.5, 0.6) is 0 Å². The zero-order chi connectivity index (χ0) is 19.9. The number of para-hydroxylation sites is 1. The van der Waals surface area contributed by atoms with Gasteiger partial charge in [-0.15, -0.1) is 0 Å². The number of carbonyl (C=O) groups is 1. The molecule has 1 heterocycles. The van der Waals surface area contributed by atoms with Crippen molar-refractivity contribution < 1.29 is 18.0 Å². The second kappa shape index (κ2) is 7.33. The van der Waals surface area contributed by atoms with Crippen LogP contribution in [0.15, 0.2) is 46.2 Å². The number of alkyl halides is 3. The first kappa shape index (κ1) is 19.1. The molecule has 148 valence electrons. The number of nitrogens with two attached hydrogens (primary N) is 1. The van der Waals surface area contributed by atoms with E-state index >= 15 is 0 Å². The molecule has 2 aromatic carbocycles. The predicted molar refractivity (Wildman–Crippen MR) is 104 cm³/mol. The lowest BCUT2D eigenvalue weighted by Crippen LogP contribution is -2.40. The summed E-state index contributed by atoms with van der Waals surface area (Å²) in [6.45, 7) is 0. The molecule has 2 atom stereocenters. The molecule has 1 amide bonds. The average Bonchev–Trinajstić information content (AvgIpc) is 2.66. The third-order valence-electron chi connectivity index (χ3n) is 5.21. The van der Waals surface area contributed by atoms with Crippen LogP contribution in [-0.4, -0.2) is 11.9 Å². The number of amides is 1. The summed E-state index contributed by atoms with van der Waals surface area (Å²) in [5, 5.41) is 5.89. The molecule has 2 unspecified atom stereocenters. The van der Waals surface area contributed by atoms with Gasteiger partial charge in [-0.3, -0.25) is 4.79 Å². The van der Waals surface area contributed by atoms with Gasteiger partial charge in [0.05, 0.1) is 28.5 Å². The van der Waals surface area contributed by atoms with Crippen LogP contribution < -0.4 is 16.4 Å². The number of hydrogen-bond donors (Lipinski definition) is 3. The van der Waals surface area contributed by atoms with Crippen molar-refractivity contribution in [3.63, 3.8) is 0 Å². The highest BCUT2D eigenvalue weighted by Gasteiger charge is 2.35. The van der Waals surface area contributed by atoms with Crippen molar-refractivity contribution in [2.24, 2.45) is 11.7 Å². The fourth-order valence-electron chi connectivity index (χ4n) is 3.71. The molecule has 1 aliphatic carbocycles. The van der Waals surface area contributed by atoms with Crippen molar-refractivity contribution in [2.75, 3.05) is 10.6 Å². The Morgan fingerprint density at radius 1 is 1.14 bits per heavy atom. The van der Waals surface area contributed by atoms with Crippen molar-refractivity contribution in [3.8, 4) is 0 Å². The highest BCUT2D eigenvalue weighted by Crippen LogP contribution is 2.49. The second-order valence-corrected chi connectivity index (χ2v) is 8.25. The molecule has 1 aliphatic heterocycles. The van der Waals surface area contributed by atoms with Gasteiger partial charge in [0.2, 0.25) is 5.91 Å². The lowest BCUT2D eigenvalue weighted by Gasteiger charge is -2.29. The Balaban J connectivity index is 1.71. The summed E-state index contributed by atoms with van der Waals surface area (Å²) in [4.78, 5) is 14.0. The summed E-state index contributed by atoms with van der Waals surface area (Å²) in [5.74, 6) is -0.707. The number of benzene rings is 2. The SMILES string of the molecule is NC1CCCCC1C(=O)Nc1cc(C(F)(F)F)cc2c1Nc1ccccc1S2. The van der Waals surface area contributed by atoms with E-state index < -0.39 is 11.7 Å². The minimum Gasteiger partial charge on any atom is -0.352 e. The maximum Gasteiger partial charge on any atom is 0.416 e. The standard InChI is InChI=1S/C20H20F3N3OS/c21-20(22,23)11-9-15(26-19(27)12-5-1-2-6-13(12)24)18-17(10-11)28-16-8-4-3-7-14(16)25-18/h3-4,7-10,12-13,25H,1-2,5-6,24H2,(H,26,27). The number of fused-ring (bicyclic) bond motifs is 2. The van der Waals surface area contributed by atoms with Crippen LogP contribution in [0.4, 0.5) is 30.2 Å². The van der Waals surface area contributed by atoms with E-state index in [1.165, 1.54) is 11.8 Å². The monoisotopic (exact) mass is 407 g/mol. The molecule has 8 heteroatoms. The van der Waals surface area contributed by atoms with Crippen molar-refractivity contribution >= 4 is 34.7 Å². The van der Waals surface area contributed by atoms with E-state index in [0.29, 0.717) is 17.0 Å². The van der Waals surface area contributed by atoms with Gasteiger partial charge in [-0.25, -0.2) is 0 Å². The van der Waals surface area contributed by atoms with Gasteiger partial charge in [-0.05, 0) is 37.1 Å². The highest BCUT2D eigenvalue weighted by atomic mass is 32.2. The molecule has 0 saturated heterocycles. The van der Waals surface area contributed by atoms with Gasteiger partial charge >= 0.3 is 6.18 Å². The smallest absolute Gasteiger partial charge is 0.352 e. The van der Waals surface area contributed by atoms with Gasteiger partial charge in [0.1, 0.15) is 0 Å². The Kier molecular flexibility index (Phi) is 5.01. The van der Waals surface area contributed by atoms with Crippen LogP contribution in [-0.2, 0) is 11.0 Å². The van der Waals surface area contributed by atoms with Crippen LogP contribution in [0.1, 0.15) is 31.2 Å². The number of nitrogens with one attached hydrogen (secondary N) is 2. The van der Waals surface area contributed by atoms with Gasteiger partial charge in [0, 0.05) is 15.8 Å². The Morgan fingerprint density at radius 2 is 1.89 bits per heavy atom. The molecule has 1 fully saturated rings. The third kappa shape index (κ3) is 3.71. The fourth-order valence-corrected chi connectivity index (χ4v) is 4.77. The zero-order valence-corrected chi connectivity index (χ0v) is 15.8. The van der Waals surface area contributed by atoms with Gasteiger partial charge in [-0.1, -0.05) is 36.7 Å². The molecule has 28 heavy (non-hydrogen) atoms. The number of anilines is 3. The first-order valence-corrected chi connectivity index (χ1v) is 10.00. The van der Waals surface area contributed by atoms with E-state index in [1.54, 1.807) is 0 Å². The maximum atomic E-state index is 13.4. The molecule has 0 bridgehead atoms. The molecular formula is C20H20F3N3OS. The third-order valence-corrected chi connectivity index (χ3v) is 6.33. The largest absolute Gasteiger partial charge is 0.416 e. The van der Waals surface area contributed by atoms with Crippen molar-refractivity contribution in [3.05, 3.63) is 42.0 Å². The topological polar surface area (TPSA) is 67.2 Å². The van der Waals surface area contributed by atoms with Crippen LogP contribution in [0.3, 0.4) is 0 Å². The summed E-state index contributed by atoms with van der Waals surface area (Å²) in [7, 11) is 0. The summed E-state index contributed by atoms with van der Waals surface area (Å²) in [6, 6.07) is 9.22. The molecule has 0 aromatic heterocycles. The summed E-state index contributed by atoms with van der Waals surface area (Å²) >= 11 is 1.25. The zero-order valence-electron chi connectivity index (χ0n) is 15.0. The van der Waals surface area contributed by atoms with E-state index in [1.807, 2.05) is 24.3 Å². The van der Waals surface area contributed by atoms with Gasteiger partial charge in [0.15, 0.2) is 0 Å². The van der Waals surface area contributed by atoms with Gasteiger partial charge in [-0.2, -0.15) is 13.2 Å². The highest BCUT2D eigenvalue weighted by molar-refractivity contribution is 7.99. The van der Waals surface area contributed by atoms with Crippen LogP contribution in [0.25, 0.3) is 0 Å². The Hall–Kier alpha value is -2.19. The maximum absolute atomic E-state index is 13.4. The van der Waals surface area contributed by atoms with Crippen molar-refractivity contribution in [2.45, 2.75) is 47.7 Å². The van der Waals surface area contributed by atoms with Crippen LogP contribution in [0.2, 0.25) is 0 Å². The fraction of sp³-hybridized carbons (Fsp3) is 0.350. The lowest BCUT2D eigenvalue weighted by molar-refractivity contribution is -0.137. The quantitative estimate of drug-likeness (QED) is 0.534. The van der Waals surface area contributed by atoms with Crippen LogP contribution in [0, 0.1) is 5.92 Å². The van der Waals surface area contributed by atoms with Gasteiger partial charge < -0.3 is 16.4 Å². The normalized spacial score (nSPS) is 21.3. The van der Waals surface area contributed by atoms with Crippen molar-refractivity contribution in [1.82, 2.24) is 0 Å². The van der Waals surface area contributed by atoms with E-state index in [9.17, 15) is 18.0 Å². The number of rotatable bonds is 2. The molecule has 4 N–H and O–H groups in total. The predicted octanol–water partition coefficient (Wildman–Crippen LogP) is 5.37. The molecule has 0 radical (unpaired) electrons. The molecule has 1 saturated carbocycles. The number of carbonyl (C=O) groups excluding carboxylic acids is 1. The Labute approximate surface area is 165 Å². The van der Waals surface area contributed by atoms with Crippen LogP contribution >= 0.6 is 11.8 Å². The average molecular weight is 407 g/mol. The van der Waals surface area contributed by atoms with E-state index in [4.69, 9.17) is 5.73 Å². The minimum atomic E-state index is -4.51. The van der Waals surface area contributed by atoms with E-state index in [0.717, 1.165) is 42.0 Å². The van der Waals surface area contributed by atoms with Crippen molar-refractivity contribution in [1.29, 1.82) is 0 Å². The summed E-state index contributed by atoms with van der Waals surface area (Å²) in [5.41, 5.74) is 6.70. The first-order valence-electron chi connectivity index (χ1n) is 9.18. The number of halogens is 3. The lowest BCUT2D eigenvalue weighted by atomic mass is 9.84. The number of hydrogen-bond acceptors (Lipinski definition) is 4. The molecular weight excluding hydrogens is 387 g/mol. The Morgan fingerprint density at radius 3 is 2.64 bits per heavy atom. The van der Waals surface area contributed by atoms with E-state index in [-0.39, 0.29) is 23.6 Å². The Bertz CT molecular complexity index is 916. The molecule has 0 spiro atoms. The second-order valence-electron chi connectivity index (χ2n) is 7.16. The summed E-state index contributed by atoms with van der Waals surface area (Å²) < 4.78 is 40.3. The molecule has 4 nitrogen and oxygen atoms in total. The summed E-state index contributed by atoms with van der Waals surface area (Å²) in [6.07, 6.45) is -1.24. The minimum absolute atomic E-state index is 0.134. The molecule has 4 rings (SSSR count). The molecule has 2 aromatic rings. The molecule has 2 aliphatic rings. The van der Waals surface area contributed by atoms with E-state index in [2.05, 4.69) is 10.6 Å². The first-order chi connectivity index (χ1) is 13.3.